The molecule has 0 saturated heterocycles. The van der Waals surface area contributed by atoms with Crippen molar-refractivity contribution in [1.29, 1.82) is 0 Å². The first kappa shape index (κ1) is 67.3. The highest BCUT2D eigenvalue weighted by molar-refractivity contribution is 5.71. The summed E-state index contributed by atoms with van der Waals surface area (Å²) in [5, 5.41) is 0. The maximum atomic E-state index is 12.8. The summed E-state index contributed by atoms with van der Waals surface area (Å²) in [5.74, 6) is -0.909. The SMILES string of the molecule is CC/C=C\C/C=C\C/C=C\C/C=C\C/C=C\C/C=C\C/C=C\CCCCCCCC(=O)OCC(COC(=O)CCCCCCC/C=C\CCCC)OC(=O)CCCCCCCCCCCCCCCCC. The van der Waals surface area contributed by atoms with E-state index >= 15 is 0 Å². The Kier molecular flexibility index (Phi) is 55.9. The van der Waals surface area contributed by atoms with E-state index in [0.717, 1.165) is 128 Å². The van der Waals surface area contributed by atoms with Gasteiger partial charge in [0.05, 0.1) is 0 Å². The van der Waals surface area contributed by atoms with Gasteiger partial charge in [0.25, 0.3) is 0 Å². The van der Waals surface area contributed by atoms with E-state index < -0.39 is 6.10 Å². The molecule has 0 fully saturated rings. The van der Waals surface area contributed by atoms with Gasteiger partial charge >= 0.3 is 17.9 Å². The van der Waals surface area contributed by atoms with Crippen LogP contribution >= 0.6 is 0 Å². The Balaban J connectivity index is 4.32. The zero-order valence-corrected chi connectivity index (χ0v) is 46.5. The number of carbonyl (C=O) groups is 3. The first-order valence-electron chi connectivity index (χ1n) is 29.7. The number of esters is 3. The molecule has 0 heterocycles. The molecule has 0 aromatic carbocycles. The van der Waals surface area contributed by atoms with Crippen molar-refractivity contribution >= 4 is 17.9 Å². The lowest BCUT2D eigenvalue weighted by atomic mass is 10.0. The monoisotopic (exact) mass is 987 g/mol. The molecule has 1 unspecified atom stereocenters. The van der Waals surface area contributed by atoms with E-state index in [1.165, 1.54) is 109 Å². The topological polar surface area (TPSA) is 78.9 Å². The van der Waals surface area contributed by atoms with Crippen molar-refractivity contribution in [1.82, 2.24) is 0 Å². The van der Waals surface area contributed by atoms with E-state index in [1.54, 1.807) is 0 Å². The summed E-state index contributed by atoms with van der Waals surface area (Å²) in [5.41, 5.74) is 0. The second kappa shape index (κ2) is 58.9. The first-order valence-corrected chi connectivity index (χ1v) is 29.7. The largest absolute Gasteiger partial charge is 0.462 e. The standard InChI is InChI=1S/C65H110O6/c1-4-7-10-13-16-19-22-24-26-27-28-29-30-31-32-33-34-35-36-37-39-40-43-46-49-52-55-58-64(67)70-61-62(60-69-63(66)57-54-51-48-45-42-21-18-15-12-9-6-3)71-65(68)59-56-53-50-47-44-41-38-25-23-20-17-14-11-8-5-2/h7,10,15-16,18-19,24,26,28-29,31-32,34-35,37,39,62H,4-6,8-9,11-14,17,20-23,25,27,30,33,36,38,40-61H2,1-3H3/b10-7-,18-15-,19-16-,26-24-,29-28-,32-31-,35-34-,39-37-. The molecule has 6 nitrogen and oxygen atoms in total. The van der Waals surface area contributed by atoms with Gasteiger partial charge in [-0.25, -0.2) is 0 Å². The van der Waals surface area contributed by atoms with E-state index in [0.29, 0.717) is 19.3 Å². The Hall–Kier alpha value is -3.67. The molecule has 0 amide bonds. The molecule has 6 heteroatoms. The van der Waals surface area contributed by atoms with Crippen LogP contribution in [0.2, 0.25) is 0 Å². The van der Waals surface area contributed by atoms with Gasteiger partial charge in [0, 0.05) is 19.3 Å². The highest BCUT2D eigenvalue weighted by Crippen LogP contribution is 2.16. The van der Waals surface area contributed by atoms with Crippen LogP contribution in [0.1, 0.15) is 278 Å². The van der Waals surface area contributed by atoms with Crippen LogP contribution in [-0.2, 0) is 28.6 Å². The number of hydrogen-bond acceptors (Lipinski definition) is 6. The van der Waals surface area contributed by atoms with Crippen molar-refractivity contribution in [2.24, 2.45) is 0 Å². The Morgan fingerprint density at radius 2 is 0.563 bits per heavy atom. The van der Waals surface area contributed by atoms with Crippen molar-refractivity contribution < 1.29 is 28.6 Å². The molecule has 0 saturated carbocycles. The fourth-order valence-corrected chi connectivity index (χ4v) is 8.11. The maximum Gasteiger partial charge on any atom is 0.306 e. The maximum absolute atomic E-state index is 12.8. The van der Waals surface area contributed by atoms with Crippen LogP contribution in [0.3, 0.4) is 0 Å². The smallest absolute Gasteiger partial charge is 0.306 e. The number of unbranched alkanes of at least 4 members (excludes halogenated alkanes) is 26. The van der Waals surface area contributed by atoms with Crippen LogP contribution in [0.4, 0.5) is 0 Å². The molecule has 0 bridgehead atoms. The average molecular weight is 988 g/mol. The molecule has 0 aliphatic carbocycles. The highest BCUT2D eigenvalue weighted by Gasteiger charge is 2.19. The molecule has 0 spiro atoms. The molecule has 1 atom stereocenters. The van der Waals surface area contributed by atoms with Gasteiger partial charge in [-0.15, -0.1) is 0 Å². The molecule has 0 aliphatic heterocycles. The highest BCUT2D eigenvalue weighted by atomic mass is 16.6. The van der Waals surface area contributed by atoms with E-state index in [1.807, 2.05) is 0 Å². The number of rotatable bonds is 53. The second-order valence-electron chi connectivity index (χ2n) is 19.5. The number of allylic oxidation sites excluding steroid dienone is 16. The first-order chi connectivity index (χ1) is 35.0. The van der Waals surface area contributed by atoms with Crippen molar-refractivity contribution in [3.8, 4) is 0 Å². The Morgan fingerprint density at radius 3 is 0.915 bits per heavy atom. The third-order valence-electron chi connectivity index (χ3n) is 12.6. The Morgan fingerprint density at radius 1 is 0.296 bits per heavy atom. The van der Waals surface area contributed by atoms with E-state index in [9.17, 15) is 14.4 Å². The molecule has 71 heavy (non-hydrogen) atoms. The number of hydrogen-bond donors (Lipinski definition) is 0. The molecule has 0 radical (unpaired) electrons. The summed E-state index contributed by atoms with van der Waals surface area (Å²) < 4.78 is 16.8. The van der Waals surface area contributed by atoms with Gasteiger partial charge in [0.1, 0.15) is 13.2 Å². The van der Waals surface area contributed by atoms with Gasteiger partial charge in [0.15, 0.2) is 6.10 Å². The Bertz CT molecular complexity index is 1410. The predicted molar refractivity (Wildman–Crippen MR) is 307 cm³/mol. The minimum Gasteiger partial charge on any atom is -0.462 e. The zero-order valence-electron chi connectivity index (χ0n) is 46.5. The third kappa shape index (κ3) is 57.1. The lowest BCUT2D eigenvalue weighted by Gasteiger charge is -2.18. The molecule has 0 aliphatic rings. The molecule has 0 rings (SSSR count). The van der Waals surface area contributed by atoms with Crippen molar-refractivity contribution in [2.75, 3.05) is 13.2 Å². The van der Waals surface area contributed by atoms with Crippen molar-refractivity contribution in [3.63, 3.8) is 0 Å². The van der Waals surface area contributed by atoms with Crippen LogP contribution in [0.5, 0.6) is 0 Å². The fraction of sp³-hybridized carbons (Fsp3) is 0.708. The van der Waals surface area contributed by atoms with Crippen LogP contribution in [0.25, 0.3) is 0 Å². The number of ether oxygens (including phenoxy) is 3. The third-order valence-corrected chi connectivity index (χ3v) is 12.6. The van der Waals surface area contributed by atoms with Gasteiger partial charge in [-0.05, 0) is 96.3 Å². The molecular weight excluding hydrogens is 877 g/mol. The van der Waals surface area contributed by atoms with Crippen molar-refractivity contribution in [2.45, 2.75) is 284 Å². The fourth-order valence-electron chi connectivity index (χ4n) is 8.11. The number of carbonyl (C=O) groups excluding carboxylic acids is 3. The second-order valence-corrected chi connectivity index (χ2v) is 19.5. The lowest BCUT2D eigenvalue weighted by molar-refractivity contribution is -0.167. The molecule has 406 valence electrons. The summed E-state index contributed by atoms with van der Waals surface area (Å²) >= 11 is 0. The quantitative estimate of drug-likeness (QED) is 0.0261. The van der Waals surface area contributed by atoms with Gasteiger partial charge in [-0.2, -0.15) is 0 Å². The van der Waals surface area contributed by atoms with Gasteiger partial charge in [-0.3, -0.25) is 14.4 Å². The molecule has 0 aromatic heterocycles. The van der Waals surface area contributed by atoms with Crippen LogP contribution in [-0.4, -0.2) is 37.2 Å². The summed E-state index contributed by atoms with van der Waals surface area (Å²) in [6.45, 7) is 6.48. The summed E-state index contributed by atoms with van der Waals surface area (Å²) in [4.78, 5) is 38.1. The van der Waals surface area contributed by atoms with Gasteiger partial charge < -0.3 is 14.2 Å². The minimum absolute atomic E-state index is 0.0864. The van der Waals surface area contributed by atoms with Crippen molar-refractivity contribution in [3.05, 3.63) is 97.2 Å². The normalized spacial score (nSPS) is 12.8. The molecule has 0 N–H and O–H groups in total. The van der Waals surface area contributed by atoms with Crippen LogP contribution in [0, 0.1) is 0 Å². The lowest BCUT2D eigenvalue weighted by Crippen LogP contribution is -2.30. The van der Waals surface area contributed by atoms with E-state index in [-0.39, 0.29) is 31.1 Å². The summed E-state index contributed by atoms with van der Waals surface area (Å²) in [6.07, 6.45) is 78.3. The van der Waals surface area contributed by atoms with E-state index in [2.05, 4.69) is 118 Å². The Labute approximate surface area is 438 Å². The predicted octanol–water partition coefficient (Wildman–Crippen LogP) is 20.1. The van der Waals surface area contributed by atoms with Gasteiger partial charge in [0.2, 0.25) is 0 Å². The molecular formula is C65H110O6. The van der Waals surface area contributed by atoms with Crippen LogP contribution < -0.4 is 0 Å². The summed E-state index contributed by atoms with van der Waals surface area (Å²) in [7, 11) is 0. The van der Waals surface area contributed by atoms with Crippen LogP contribution in [0.15, 0.2) is 97.2 Å². The average Bonchev–Trinajstić information content (AvgIpc) is 3.37. The minimum atomic E-state index is -0.787. The summed E-state index contributed by atoms with van der Waals surface area (Å²) in [6, 6.07) is 0. The van der Waals surface area contributed by atoms with Gasteiger partial charge in [-0.1, -0.05) is 259 Å². The zero-order chi connectivity index (χ0) is 51.4. The molecule has 0 aromatic rings. The van der Waals surface area contributed by atoms with E-state index in [4.69, 9.17) is 14.2 Å².